The average molecular weight is 360 g/mol. The summed E-state index contributed by atoms with van der Waals surface area (Å²) in [6.45, 7) is 4.41. The van der Waals surface area contributed by atoms with Gasteiger partial charge in [-0.2, -0.15) is 0 Å². The van der Waals surface area contributed by atoms with Crippen LogP contribution in [0.3, 0.4) is 0 Å². The SMILES string of the molecule is CCC1CCCCN1C(=O)c1cc(Nc2c(F)cccc2F)nc(C)n1. The highest BCUT2D eigenvalue weighted by atomic mass is 19.1. The molecule has 1 aromatic carbocycles. The Kier molecular flexibility index (Phi) is 5.44. The summed E-state index contributed by atoms with van der Waals surface area (Å²) in [6, 6.07) is 5.25. The molecule has 0 spiro atoms. The van der Waals surface area contributed by atoms with E-state index in [1.165, 1.54) is 12.1 Å². The minimum atomic E-state index is -0.726. The van der Waals surface area contributed by atoms with Gasteiger partial charge in [0, 0.05) is 18.7 Å². The lowest BCUT2D eigenvalue weighted by atomic mass is 9.99. The molecular weight excluding hydrogens is 338 g/mol. The van der Waals surface area contributed by atoms with Crippen molar-refractivity contribution in [1.29, 1.82) is 0 Å². The number of aryl methyl sites for hydroxylation is 1. The van der Waals surface area contributed by atoms with Crippen LogP contribution in [0.4, 0.5) is 20.3 Å². The zero-order valence-corrected chi connectivity index (χ0v) is 14.9. The second kappa shape index (κ2) is 7.76. The molecule has 1 fully saturated rings. The number of piperidine rings is 1. The third kappa shape index (κ3) is 3.81. The van der Waals surface area contributed by atoms with E-state index < -0.39 is 11.6 Å². The van der Waals surface area contributed by atoms with Gasteiger partial charge in [0.1, 0.15) is 34.7 Å². The van der Waals surface area contributed by atoms with Gasteiger partial charge in [0.05, 0.1) is 0 Å². The van der Waals surface area contributed by atoms with Crippen molar-refractivity contribution in [2.75, 3.05) is 11.9 Å². The molecule has 0 bridgehead atoms. The smallest absolute Gasteiger partial charge is 0.272 e. The molecule has 0 saturated carbocycles. The fourth-order valence-electron chi connectivity index (χ4n) is 3.33. The summed E-state index contributed by atoms with van der Waals surface area (Å²) in [7, 11) is 0. The van der Waals surface area contributed by atoms with Gasteiger partial charge in [-0.1, -0.05) is 13.0 Å². The predicted molar refractivity (Wildman–Crippen MR) is 95.4 cm³/mol. The largest absolute Gasteiger partial charge is 0.335 e. The van der Waals surface area contributed by atoms with Gasteiger partial charge < -0.3 is 10.2 Å². The summed E-state index contributed by atoms with van der Waals surface area (Å²) in [6.07, 6.45) is 3.96. The fraction of sp³-hybridized carbons (Fsp3) is 0.421. The lowest BCUT2D eigenvalue weighted by Gasteiger charge is -2.35. The number of para-hydroxylation sites is 1. The van der Waals surface area contributed by atoms with Crippen LogP contribution in [0, 0.1) is 18.6 Å². The minimum absolute atomic E-state index is 0.167. The van der Waals surface area contributed by atoms with E-state index in [4.69, 9.17) is 0 Å². The molecule has 1 atom stereocenters. The number of nitrogens with zero attached hydrogens (tertiary/aromatic N) is 3. The van der Waals surface area contributed by atoms with Gasteiger partial charge in [-0.05, 0) is 44.7 Å². The normalized spacial score (nSPS) is 17.2. The molecule has 1 N–H and O–H groups in total. The Morgan fingerprint density at radius 1 is 1.27 bits per heavy atom. The molecule has 1 aromatic heterocycles. The molecule has 0 aliphatic carbocycles. The van der Waals surface area contributed by atoms with Crippen LogP contribution in [0.15, 0.2) is 24.3 Å². The highest BCUT2D eigenvalue weighted by Crippen LogP contribution is 2.24. The van der Waals surface area contributed by atoms with Gasteiger partial charge in [-0.3, -0.25) is 4.79 Å². The first-order chi connectivity index (χ1) is 12.5. The number of hydrogen-bond donors (Lipinski definition) is 1. The average Bonchev–Trinajstić information content (AvgIpc) is 2.64. The molecular formula is C19H22F2N4O. The Labute approximate surface area is 151 Å². The van der Waals surface area contributed by atoms with Crippen LogP contribution in [-0.4, -0.2) is 33.4 Å². The molecule has 5 nitrogen and oxygen atoms in total. The highest BCUT2D eigenvalue weighted by Gasteiger charge is 2.27. The summed E-state index contributed by atoms with van der Waals surface area (Å²) in [4.78, 5) is 23.2. The molecule has 1 amide bonds. The van der Waals surface area contributed by atoms with Crippen LogP contribution in [0.2, 0.25) is 0 Å². The van der Waals surface area contributed by atoms with Gasteiger partial charge in [-0.25, -0.2) is 18.7 Å². The summed E-state index contributed by atoms with van der Waals surface area (Å²) < 4.78 is 27.7. The van der Waals surface area contributed by atoms with Crippen LogP contribution in [0.1, 0.15) is 48.9 Å². The maximum atomic E-state index is 13.9. The van der Waals surface area contributed by atoms with E-state index in [-0.39, 0.29) is 29.1 Å². The van der Waals surface area contributed by atoms with E-state index in [9.17, 15) is 13.6 Å². The van der Waals surface area contributed by atoms with E-state index in [0.29, 0.717) is 12.4 Å². The number of amides is 1. The van der Waals surface area contributed by atoms with Gasteiger partial charge in [0.15, 0.2) is 0 Å². The zero-order valence-electron chi connectivity index (χ0n) is 14.9. The molecule has 1 unspecified atom stereocenters. The molecule has 7 heteroatoms. The van der Waals surface area contributed by atoms with Gasteiger partial charge >= 0.3 is 0 Å². The molecule has 0 radical (unpaired) electrons. The van der Waals surface area contributed by atoms with Crippen LogP contribution in [-0.2, 0) is 0 Å². The molecule has 3 rings (SSSR count). The van der Waals surface area contributed by atoms with Crippen molar-refractivity contribution in [3.05, 3.63) is 47.4 Å². The summed E-state index contributed by atoms with van der Waals surface area (Å²) >= 11 is 0. The van der Waals surface area contributed by atoms with Crippen molar-refractivity contribution < 1.29 is 13.6 Å². The second-order valence-corrected chi connectivity index (χ2v) is 6.46. The Bertz CT molecular complexity index is 792. The molecule has 2 heterocycles. The van der Waals surface area contributed by atoms with Crippen LogP contribution >= 0.6 is 0 Å². The van der Waals surface area contributed by atoms with Gasteiger partial charge in [0.2, 0.25) is 0 Å². The lowest BCUT2D eigenvalue weighted by molar-refractivity contribution is 0.0601. The van der Waals surface area contributed by atoms with E-state index in [2.05, 4.69) is 22.2 Å². The fourth-order valence-corrected chi connectivity index (χ4v) is 3.33. The number of nitrogens with one attached hydrogen (secondary N) is 1. The van der Waals surface area contributed by atoms with E-state index in [0.717, 1.165) is 37.8 Å². The quantitative estimate of drug-likeness (QED) is 0.887. The van der Waals surface area contributed by atoms with Crippen LogP contribution in [0.5, 0.6) is 0 Å². The number of likely N-dealkylation sites (tertiary alicyclic amines) is 1. The van der Waals surface area contributed by atoms with Crippen LogP contribution in [0.25, 0.3) is 0 Å². The van der Waals surface area contributed by atoms with Crippen molar-refractivity contribution >= 4 is 17.4 Å². The number of hydrogen-bond acceptors (Lipinski definition) is 4. The lowest BCUT2D eigenvalue weighted by Crippen LogP contribution is -2.43. The third-order valence-corrected chi connectivity index (χ3v) is 4.63. The zero-order chi connectivity index (χ0) is 18.7. The van der Waals surface area contributed by atoms with Crippen molar-refractivity contribution in [3.63, 3.8) is 0 Å². The Morgan fingerprint density at radius 2 is 2.00 bits per heavy atom. The first kappa shape index (κ1) is 18.2. The summed E-state index contributed by atoms with van der Waals surface area (Å²) in [5.74, 6) is -1.07. The Hall–Kier alpha value is -2.57. The Balaban J connectivity index is 1.89. The first-order valence-electron chi connectivity index (χ1n) is 8.87. The summed E-state index contributed by atoms with van der Waals surface area (Å²) in [5.41, 5.74) is -0.0643. The number of benzene rings is 1. The molecule has 2 aromatic rings. The number of carbonyl (C=O) groups is 1. The van der Waals surface area contributed by atoms with Crippen molar-refractivity contribution in [1.82, 2.24) is 14.9 Å². The van der Waals surface area contributed by atoms with Crippen molar-refractivity contribution in [2.45, 2.75) is 45.6 Å². The third-order valence-electron chi connectivity index (χ3n) is 4.63. The molecule has 138 valence electrons. The number of anilines is 2. The monoisotopic (exact) mass is 360 g/mol. The molecule has 1 aliphatic rings. The van der Waals surface area contributed by atoms with Crippen molar-refractivity contribution in [3.8, 4) is 0 Å². The van der Waals surface area contributed by atoms with E-state index in [1.54, 1.807) is 6.92 Å². The van der Waals surface area contributed by atoms with Gasteiger partial charge in [-0.15, -0.1) is 0 Å². The van der Waals surface area contributed by atoms with E-state index >= 15 is 0 Å². The minimum Gasteiger partial charge on any atom is -0.335 e. The molecule has 1 saturated heterocycles. The number of aromatic nitrogens is 2. The second-order valence-electron chi connectivity index (χ2n) is 6.46. The maximum absolute atomic E-state index is 13.9. The maximum Gasteiger partial charge on any atom is 0.272 e. The first-order valence-corrected chi connectivity index (χ1v) is 8.87. The van der Waals surface area contributed by atoms with E-state index in [1.807, 2.05) is 4.90 Å². The standard InChI is InChI=1S/C19H22F2N4O/c1-3-13-7-4-5-10-25(13)19(26)16-11-17(23-12(2)22-16)24-18-14(20)8-6-9-15(18)21/h6,8-9,11,13H,3-5,7,10H2,1-2H3,(H,22,23,24). The van der Waals surface area contributed by atoms with Crippen molar-refractivity contribution in [2.24, 2.45) is 0 Å². The predicted octanol–water partition coefficient (Wildman–Crippen LogP) is 4.21. The number of halogens is 2. The molecule has 26 heavy (non-hydrogen) atoms. The highest BCUT2D eigenvalue weighted by molar-refractivity contribution is 5.93. The topological polar surface area (TPSA) is 58.1 Å². The summed E-state index contributed by atoms with van der Waals surface area (Å²) in [5, 5.41) is 2.63. The van der Waals surface area contributed by atoms with Crippen LogP contribution < -0.4 is 5.32 Å². The Morgan fingerprint density at radius 3 is 2.69 bits per heavy atom. The number of carbonyl (C=O) groups excluding carboxylic acids is 1. The molecule has 1 aliphatic heterocycles. The number of rotatable bonds is 4. The van der Waals surface area contributed by atoms with Gasteiger partial charge in [0.25, 0.3) is 5.91 Å².